The molecule has 0 saturated heterocycles. The lowest BCUT2D eigenvalue weighted by molar-refractivity contribution is -0.127. The average molecular weight is 419 g/mol. The number of nitrogens with zero attached hydrogens (tertiary/aromatic N) is 2. The molecule has 2 aromatic rings. The highest BCUT2D eigenvalue weighted by atomic mass is 19.3. The van der Waals surface area contributed by atoms with Gasteiger partial charge in [-0.1, -0.05) is 19.1 Å². The van der Waals surface area contributed by atoms with Crippen LogP contribution in [0.4, 0.5) is 24.5 Å². The van der Waals surface area contributed by atoms with Gasteiger partial charge >= 0.3 is 0 Å². The number of halogens is 3. The number of rotatable bonds is 6. The Morgan fingerprint density at radius 2 is 2.00 bits per heavy atom. The molecule has 1 N–H and O–H groups in total. The number of anilines is 2. The van der Waals surface area contributed by atoms with Crippen molar-refractivity contribution < 1.29 is 27.5 Å². The topological polar surface area (TPSA) is 71.0 Å². The maximum absolute atomic E-state index is 14.3. The molecule has 1 atom stereocenters. The molecule has 0 aromatic heterocycles. The molecule has 1 aliphatic rings. The lowest BCUT2D eigenvalue weighted by Gasteiger charge is -2.17. The summed E-state index contributed by atoms with van der Waals surface area (Å²) in [5, 5.41) is 7.30. The maximum atomic E-state index is 14.3. The summed E-state index contributed by atoms with van der Waals surface area (Å²) in [6, 6.07) is 9.14. The summed E-state index contributed by atoms with van der Waals surface area (Å²) in [5.74, 6) is -6.30. The monoisotopic (exact) mass is 419 g/mol. The molecular weight excluding hydrogens is 399 g/mol. The molecule has 30 heavy (non-hydrogen) atoms. The van der Waals surface area contributed by atoms with Crippen LogP contribution in [0.2, 0.25) is 0 Å². The molecule has 6 nitrogen and oxygen atoms in total. The van der Waals surface area contributed by atoms with Gasteiger partial charge in [-0.25, -0.2) is 13.2 Å². The minimum Gasteiger partial charge on any atom is -0.497 e. The van der Waals surface area contributed by atoms with Crippen LogP contribution in [0.15, 0.2) is 47.6 Å². The van der Waals surface area contributed by atoms with Gasteiger partial charge in [-0.05, 0) is 31.2 Å². The summed E-state index contributed by atoms with van der Waals surface area (Å²) in [4.78, 5) is 25.4. The zero-order chi connectivity index (χ0) is 22.1. The maximum Gasteiger partial charge on any atom is 0.273 e. The largest absolute Gasteiger partial charge is 0.497 e. The molecule has 2 aromatic carbocycles. The first-order chi connectivity index (χ1) is 14.2. The number of methoxy groups -OCH3 is 1. The highest BCUT2D eigenvalue weighted by molar-refractivity contribution is 6.28. The number of ether oxygens (including phenoxy) is 1. The van der Waals surface area contributed by atoms with Gasteiger partial charge in [-0.15, -0.1) is 0 Å². The summed E-state index contributed by atoms with van der Waals surface area (Å²) in [5.41, 5.74) is -0.0871. The van der Waals surface area contributed by atoms with Gasteiger partial charge in [0.05, 0.1) is 12.8 Å². The summed E-state index contributed by atoms with van der Waals surface area (Å²) in [6.07, 6.45) is -0.389. The van der Waals surface area contributed by atoms with Gasteiger partial charge in [0.15, 0.2) is 11.7 Å². The van der Waals surface area contributed by atoms with Gasteiger partial charge in [0.2, 0.25) is 5.91 Å². The first kappa shape index (κ1) is 21.4. The molecule has 2 amide bonds. The smallest absolute Gasteiger partial charge is 0.273 e. The van der Waals surface area contributed by atoms with Gasteiger partial charge in [-0.2, -0.15) is 10.1 Å². The molecule has 0 bridgehead atoms. The highest BCUT2D eigenvalue weighted by Crippen LogP contribution is 2.33. The Morgan fingerprint density at radius 3 is 2.63 bits per heavy atom. The van der Waals surface area contributed by atoms with Crippen molar-refractivity contribution in [3.8, 4) is 5.75 Å². The van der Waals surface area contributed by atoms with E-state index in [1.165, 1.54) is 51.3 Å². The van der Waals surface area contributed by atoms with Gasteiger partial charge in [0.25, 0.3) is 11.8 Å². The van der Waals surface area contributed by atoms with Crippen LogP contribution in [0, 0.1) is 11.7 Å². The van der Waals surface area contributed by atoms with Crippen LogP contribution in [0.1, 0.15) is 25.8 Å². The van der Waals surface area contributed by atoms with Crippen LogP contribution in [0.3, 0.4) is 0 Å². The number of carbonyl (C=O) groups excluding carboxylic acids is 2. The van der Waals surface area contributed by atoms with Crippen molar-refractivity contribution in [3.63, 3.8) is 0 Å². The van der Waals surface area contributed by atoms with Crippen LogP contribution in [-0.2, 0) is 15.5 Å². The quantitative estimate of drug-likeness (QED) is 0.710. The van der Waals surface area contributed by atoms with Crippen LogP contribution < -0.4 is 15.1 Å². The molecule has 158 valence electrons. The number of hydrogen-bond donors (Lipinski definition) is 1. The van der Waals surface area contributed by atoms with Crippen molar-refractivity contribution in [1.82, 2.24) is 0 Å². The van der Waals surface area contributed by atoms with Crippen molar-refractivity contribution in [2.75, 3.05) is 17.4 Å². The highest BCUT2D eigenvalue weighted by Gasteiger charge is 2.40. The Labute approximate surface area is 171 Å². The molecule has 0 radical (unpaired) electrons. The summed E-state index contributed by atoms with van der Waals surface area (Å²) in [6.45, 7) is 2.82. The summed E-state index contributed by atoms with van der Waals surface area (Å²) in [7, 11) is 1.38. The van der Waals surface area contributed by atoms with Gasteiger partial charge < -0.3 is 10.1 Å². The van der Waals surface area contributed by atoms with E-state index in [9.17, 15) is 22.8 Å². The second kappa shape index (κ2) is 8.17. The number of benzene rings is 2. The Balaban J connectivity index is 1.81. The van der Waals surface area contributed by atoms with E-state index in [-0.39, 0.29) is 34.8 Å². The Kier molecular flexibility index (Phi) is 5.82. The first-order valence-electron chi connectivity index (χ1n) is 9.19. The molecule has 9 heteroatoms. The zero-order valence-electron chi connectivity index (χ0n) is 16.6. The number of nitrogens with one attached hydrogen (secondary N) is 1. The fourth-order valence-electron chi connectivity index (χ4n) is 3.07. The van der Waals surface area contributed by atoms with Gasteiger partial charge in [0, 0.05) is 23.7 Å². The summed E-state index contributed by atoms with van der Waals surface area (Å²) < 4.78 is 47.1. The number of amides is 2. The molecular formula is C21H20F3N3O3. The average Bonchev–Trinajstić information content (AvgIpc) is 3.01. The SMILES string of the molecule is CCC(F)(F)c1cccc(NC(=O)C2C(=O)N(c3ccc(OC)cc3F)N=C2C)c1. The summed E-state index contributed by atoms with van der Waals surface area (Å²) >= 11 is 0. The number of hydrogen-bond acceptors (Lipinski definition) is 4. The molecule has 0 fully saturated rings. The predicted molar refractivity (Wildman–Crippen MR) is 106 cm³/mol. The second-order valence-electron chi connectivity index (χ2n) is 6.77. The molecule has 0 saturated carbocycles. The minimum absolute atomic E-state index is 0.125. The third-order valence-electron chi connectivity index (χ3n) is 4.77. The van der Waals surface area contributed by atoms with Gasteiger partial charge in [-0.3, -0.25) is 9.59 Å². The van der Waals surface area contributed by atoms with Gasteiger partial charge in [0.1, 0.15) is 11.4 Å². The number of hydrazone groups is 1. The van der Waals surface area contributed by atoms with Crippen molar-refractivity contribution in [1.29, 1.82) is 0 Å². The van der Waals surface area contributed by atoms with Crippen molar-refractivity contribution in [2.24, 2.45) is 11.0 Å². The van der Waals surface area contributed by atoms with Crippen LogP contribution in [0.5, 0.6) is 5.75 Å². The third-order valence-corrected chi connectivity index (χ3v) is 4.77. The predicted octanol–water partition coefficient (Wildman–Crippen LogP) is 4.31. The van der Waals surface area contributed by atoms with E-state index < -0.39 is 29.5 Å². The van der Waals surface area contributed by atoms with E-state index in [4.69, 9.17) is 4.74 Å². The minimum atomic E-state index is -3.04. The number of alkyl halides is 2. The Morgan fingerprint density at radius 1 is 1.27 bits per heavy atom. The standard InChI is InChI=1S/C21H20F3N3O3/c1-4-21(23,24)13-6-5-7-14(10-13)25-19(28)18-12(2)26-27(20(18)29)17-9-8-15(30-3)11-16(17)22/h5-11,18H,4H2,1-3H3,(H,25,28). The van der Waals surface area contributed by atoms with E-state index in [1.807, 2.05) is 0 Å². The molecule has 0 aliphatic carbocycles. The first-order valence-corrected chi connectivity index (χ1v) is 9.19. The normalized spacial score (nSPS) is 16.5. The third kappa shape index (κ3) is 4.00. The molecule has 1 unspecified atom stereocenters. The fourth-order valence-corrected chi connectivity index (χ4v) is 3.07. The van der Waals surface area contributed by atoms with E-state index in [1.54, 1.807) is 0 Å². The van der Waals surface area contributed by atoms with E-state index >= 15 is 0 Å². The van der Waals surface area contributed by atoms with E-state index in [2.05, 4.69) is 10.4 Å². The van der Waals surface area contributed by atoms with Crippen molar-refractivity contribution >= 4 is 28.9 Å². The molecule has 1 heterocycles. The lowest BCUT2D eigenvalue weighted by Crippen LogP contribution is -2.36. The molecule has 1 aliphatic heterocycles. The zero-order valence-corrected chi connectivity index (χ0v) is 16.6. The second-order valence-corrected chi connectivity index (χ2v) is 6.77. The van der Waals surface area contributed by atoms with E-state index in [0.717, 1.165) is 17.1 Å². The van der Waals surface area contributed by atoms with Crippen LogP contribution in [-0.4, -0.2) is 24.6 Å². The van der Waals surface area contributed by atoms with Crippen LogP contribution in [0.25, 0.3) is 0 Å². The van der Waals surface area contributed by atoms with E-state index in [0.29, 0.717) is 0 Å². The Bertz CT molecular complexity index is 1020. The Hall–Kier alpha value is -3.36. The lowest BCUT2D eigenvalue weighted by atomic mass is 10.0. The molecule has 0 spiro atoms. The number of carbonyl (C=O) groups is 2. The van der Waals surface area contributed by atoms with Crippen molar-refractivity contribution in [2.45, 2.75) is 26.2 Å². The van der Waals surface area contributed by atoms with Crippen molar-refractivity contribution in [3.05, 3.63) is 53.8 Å². The fraction of sp³-hybridized carbons (Fsp3) is 0.286. The van der Waals surface area contributed by atoms with Crippen LogP contribution >= 0.6 is 0 Å². The molecule has 3 rings (SSSR count).